The van der Waals surface area contributed by atoms with E-state index >= 15 is 0 Å². The minimum absolute atomic E-state index is 0.00538. The minimum Gasteiger partial charge on any atom is -0.324 e. The predicted molar refractivity (Wildman–Crippen MR) is 148 cm³/mol. The van der Waals surface area contributed by atoms with Crippen LogP contribution in [0.3, 0.4) is 0 Å². The van der Waals surface area contributed by atoms with Gasteiger partial charge in [-0.05, 0) is 62.1 Å². The molecule has 1 aromatic heterocycles. The summed E-state index contributed by atoms with van der Waals surface area (Å²) in [4.78, 5) is 40.2. The van der Waals surface area contributed by atoms with E-state index in [1.54, 1.807) is 25.3 Å². The lowest BCUT2D eigenvalue weighted by atomic mass is 9.85. The van der Waals surface area contributed by atoms with Crippen LogP contribution in [0.1, 0.15) is 49.4 Å². The van der Waals surface area contributed by atoms with E-state index in [4.69, 9.17) is 9.98 Å². The number of aromatic nitrogens is 2. The number of anilines is 5. The first-order chi connectivity index (χ1) is 18.0. The summed E-state index contributed by atoms with van der Waals surface area (Å²) in [5, 5.41) is 6.06. The number of benzene rings is 2. The van der Waals surface area contributed by atoms with Crippen molar-refractivity contribution in [1.29, 1.82) is 0 Å². The summed E-state index contributed by atoms with van der Waals surface area (Å²) in [7, 11) is 0. The lowest BCUT2D eigenvalue weighted by molar-refractivity contribution is -0.111. The molecule has 3 aromatic rings. The smallest absolute Gasteiger partial charge is 0.247 e. The topological polar surface area (TPSA) is 99.6 Å². The molecule has 0 atom stereocenters. The molecule has 2 heterocycles. The second-order valence-electron chi connectivity index (χ2n) is 9.43. The van der Waals surface area contributed by atoms with Crippen molar-refractivity contribution in [3.8, 4) is 0 Å². The van der Waals surface area contributed by atoms with Gasteiger partial charge < -0.3 is 15.5 Å². The Bertz CT molecular complexity index is 1380. The van der Waals surface area contributed by atoms with Crippen LogP contribution in [0.25, 0.3) is 0 Å². The van der Waals surface area contributed by atoms with Crippen LogP contribution in [-0.4, -0.2) is 33.9 Å². The van der Waals surface area contributed by atoms with E-state index in [2.05, 4.69) is 27.1 Å². The highest BCUT2D eigenvalue weighted by Gasteiger charge is 2.29. The fraction of sp³-hybridized carbons (Fsp3) is 0.276. The maximum Gasteiger partial charge on any atom is 0.247 e. The van der Waals surface area contributed by atoms with Crippen LogP contribution in [0.5, 0.6) is 0 Å². The number of aliphatic imine (C=N–C) groups is 1. The van der Waals surface area contributed by atoms with Gasteiger partial charge in [-0.2, -0.15) is 4.98 Å². The van der Waals surface area contributed by atoms with Gasteiger partial charge in [0.2, 0.25) is 11.9 Å². The summed E-state index contributed by atoms with van der Waals surface area (Å²) in [6.45, 7) is 5.70. The Morgan fingerprint density at radius 2 is 1.84 bits per heavy atom. The summed E-state index contributed by atoms with van der Waals surface area (Å²) in [5.41, 5.74) is 4.79. The summed E-state index contributed by atoms with van der Waals surface area (Å²) >= 11 is 0. The number of fused-ring (bicyclic) bond motifs is 1. The van der Waals surface area contributed by atoms with Gasteiger partial charge in [-0.15, -0.1) is 0 Å². The highest BCUT2D eigenvalue weighted by molar-refractivity contribution is 6.01. The Balaban J connectivity index is 1.51. The molecule has 2 aliphatic rings. The number of carbonyl (C=O) groups excluding carboxylic acids is 2. The lowest BCUT2D eigenvalue weighted by Crippen LogP contribution is -2.34. The molecule has 8 heteroatoms. The van der Waals surface area contributed by atoms with Crippen LogP contribution in [0.15, 0.2) is 72.4 Å². The fourth-order valence-corrected chi connectivity index (χ4v) is 4.89. The molecular weight excluding hydrogens is 464 g/mol. The van der Waals surface area contributed by atoms with Gasteiger partial charge in [-0.25, -0.2) is 4.98 Å². The molecule has 0 radical (unpaired) electrons. The predicted octanol–water partition coefficient (Wildman–Crippen LogP) is 6.35. The van der Waals surface area contributed by atoms with E-state index in [0.29, 0.717) is 35.5 Å². The van der Waals surface area contributed by atoms with E-state index in [9.17, 15) is 9.59 Å². The van der Waals surface area contributed by atoms with Gasteiger partial charge in [0, 0.05) is 28.3 Å². The van der Waals surface area contributed by atoms with Gasteiger partial charge >= 0.3 is 0 Å². The van der Waals surface area contributed by atoms with Crippen molar-refractivity contribution in [2.75, 3.05) is 22.1 Å². The molecule has 1 amide bonds. The zero-order valence-electron chi connectivity index (χ0n) is 20.9. The molecule has 1 aliphatic carbocycles. The maximum atomic E-state index is 11.9. The summed E-state index contributed by atoms with van der Waals surface area (Å²) in [5.74, 6) is 1.28. The van der Waals surface area contributed by atoms with Gasteiger partial charge in [-0.1, -0.05) is 44.0 Å². The molecular formula is C29H30N6O2. The van der Waals surface area contributed by atoms with Crippen molar-refractivity contribution < 1.29 is 9.59 Å². The van der Waals surface area contributed by atoms with Crippen LogP contribution >= 0.6 is 0 Å². The van der Waals surface area contributed by atoms with E-state index in [1.165, 1.54) is 25.3 Å². The number of nitrogens with zero attached hydrogens (tertiary/aromatic N) is 4. The van der Waals surface area contributed by atoms with Crippen molar-refractivity contribution in [2.45, 2.75) is 39.0 Å². The van der Waals surface area contributed by atoms with Gasteiger partial charge in [0.15, 0.2) is 11.6 Å². The second-order valence-corrected chi connectivity index (χ2v) is 9.43. The zero-order valence-corrected chi connectivity index (χ0v) is 20.9. The number of Topliss-reactive ketones (excluding diaryl/α,β-unsaturated/α-hetero) is 1. The number of rotatable bonds is 7. The first-order valence-corrected chi connectivity index (χ1v) is 12.6. The van der Waals surface area contributed by atoms with Crippen molar-refractivity contribution in [1.82, 2.24) is 9.97 Å². The number of nitrogens with one attached hydrogen (secondary N) is 2. The standard InChI is InChI=1S/C29H30N6O2/c1-3-27(37)31-23-13-8-14-24(16-23)35-18-26(20-9-5-4-6-10-20)33-25-17-30-29(34-28(25)35)32-22-12-7-11-21(15-22)19(2)36/h3,7-8,11-17,20H,1,4-6,9-10,18H2,2H3,(H,31,37)(H,30,32,34). The van der Waals surface area contributed by atoms with Gasteiger partial charge in [0.25, 0.3) is 0 Å². The summed E-state index contributed by atoms with van der Waals surface area (Å²) in [6, 6.07) is 15.0. The third kappa shape index (κ3) is 5.58. The van der Waals surface area contributed by atoms with Gasteiger partial charge in [-0.3, -0.25) is 14.6 Å². The van der Waals surface area contributed by atoms with Crippen LogP contribution in [0, 0.1) is 5.92 Å². The third-order valence-corrected chi connectivity index (χ3v) is 6.80. The Labute approximate surface area is 216 Å². The van der Waals surface area contributed by atoms with Gasteiger partial charge in [0.05, 0.1) is 12.7 Å². The Morgan fingerprint density at radius 3 is 2.62 bits per heavy atom. The van der Waals surface area contributed by atoms with Crippen LogP contribution in [0.2, 0.25) is 0 Å². The molecule has 0 saturated heterocycles. The molecule has 1 saturated carbocycles. The van der Waals surface area contributed by atoms with Gasteiger partial charge in [0.1, 0.15) is 5.69 Å². The van der Waals surface area contributed by atoms with E-state index in [-0.39, 0.29) is 11.7 Å². The average molecular weight is 495 g/mol. The monoisotopic (exact) mass is 494 g/mol. The second kappa shape index (κ2) is 10.7. The summed E-state index contributed by atoms with van der Waals surface area (Å²) in [6.07, 6.45) is 9.00. The largest absolute Gasteiger partial charge is 0.324 e. The molecule has 2 aromatic carbocycles. The van der Waals surface area contributed by atoms with E-state index < -0.39 is 0 Å². The SMILES string of the molecule is C=CC(=O)Nc1cccc(N2CC(C3CCCCC3)=Nc3cnc(Nc4cccc(C(C)=O)c4)nc32)c1. The molecule has 0 unspecified atom stereocenters. The molecule has 0 spiro atoms. The highest BCUT2D eigenvalue weighted by atomic mass is 16.1. The number of ketones is 1. The summed E-state index contributed by atoms with van der Waals surface area (Å²) < 4.78 is 0. The maximum absolute atomic E-state index is 11.9. The number of hydrogen-bond donors (Lipinski definition) is 2. The Hall–Kier alpha value is -4.33. The highest BCUT2D eigenvalue weighted by Crippen LogP contribution is 2.39. The van der Waals surface area contributed by atoms with Crippen molar-refractivity contribution in [2.24, 2.45) is 10.9 Å². The van der Waals surface area contributed by atoms with Crippen molar-refractivity contribution >= 4 is 51.9 Å². The molecule has 8 nitrogen and oxygen atoms in total. The fourth-order valence-electron chi connectivity index (χ4n) is 4.89. The molecule has 1 fully saturated rings. The number of hydrogen-bond acceptors (Lipinski definition) is 7. The quantitative estimate of drug-likeness (QED) is 0.293. The molecule has 5 rings (SSSR count). The molecule has 0 bridgehead atoms. The van der Waals surface area contributed by atoms with Crippen LogP contribution in [0.4, 0.5) is 34.5 Å². The first kappa shape index (κ1) is 24.4. The van der Waals surface area contributed by atoms with Crippen LogP contribution < -0.4 is 15.5 Å². The normalized spacial score (nSPS) is 15.4. The minimum atomic E-state index is -0.262. The van der Waals surface area contributed by atoms with Crippen LogP contribution in [-0.2, 0) is 4.79 Å². The van der Waals surface area contributed by atoms with E-state index in [0.717, 1.165) is 35.6 Å². The van der Waals surface area contributed by atoms with Crippen molar-refractivity contribution in [3.63, 3.8) is 0 Å². The number of amides is 1. The Morgan fingerprint density at radius 1 is 1.05 bits per heavy atom. The third-order valence-electron chi connectivity index (χ3n) is 6.80. The van der Waals surface area contributed by atoms with Crippen molar-refractivity contribution in [3.05, 3.63) is 72.9 Å². The number of carbonyl (C=O) groups is 2. The molecule has 188 valence electrons. The average Bonchev–Trinajstić information content (AvgIpc) is 2.93. The Kier molecular flexibility index (Phi) is 7.07. The molecule has 37 heavy (non-hydrogen) atoms. The van der Waals surface area contributed by atoms with E-state index in [1.807, 2.05) is 36.4 Å². The zero-order chi connectivity index (χ0) is 25.8. The molecule has 2 N–H and O–H groups in total. The lowest BCUT2D eigenvalue weighted by Gasteiger charge is -2.33. The molecule has 1 aliphatic heterocycles. The first-order valence-electron chi connectivity index (χ1n) is 12.6.